The molecule has 3 aromatic rings. The Bertz CT molecular complexity index is 2090. The van der Waals surface area contributed by atoms with Crippen molar-refractivity contribution in [3.63, 3.8) is 0 Å². The second kappa shape index (κ2) is 15.3. The number of cyclic esters (lactones) is 1. The minimum absolute atomic E-state index is 0.121. The first kappa shape index (κ1) is 38.3. The fourth-order valence-electron chi connectivity index (χ4n) is 7.31. The smallest absolute Gasteiger partial charge is 0.407 e. The summed E-state index contributed by atoms with van der Waals surface area (Å²) in [4.78, 5) is 65.8. The quantitative estimate of drug-likeness (QED) is 0.303. The van der Waals surface area contributed by atoms with E-state index in [4.69, 9.17) is 19.4 Å². The summed E-state index contributed by atoms with van der Waals surface area (Å²) in [7, 11) is -4.13. The first-order valence-corrected chi connectivity index (χ1v) is 20.2. The molecule has 3 heterocycles. The maximum absolute atomic E-state index is 14.4. The molecule has 0 radical (unpaired) electrons. The van der Waals surface area contributed by atoms with Gasteiger partial charge in [-0.15, -0.1) is 0 Å². The van der Waals surface area contributed by atoms with Gasteiger partial charge in [0.1, 0.15) is 29.4 Å². The molecule has 4 aliphatic rings. The van der Waals surface area contributed by atoms with Crippen molar-refractivity contribution in [3.05, 3.63) is 54.1 Å². The average Bonchev–Trinajstić information content (AvgIpc) is 4.08. The lowest BCUT2D eigenvalue weighted by molar-refractivity contribution is -0.142. The Labute approximate surface area is 317 Å². The van der Waals surface area contributed by atoms with Crippen LogP contribution in [0.15, 0.2) is 48.5 Å². The van der Waals surface area contributed by atoms with Crippen LogP contribution < -0.4 is 20.1 Å². The van der Waals surface area contributed by atoms with Gasteiger partial charge < -0.3 is 25.0 Å². The lowest BCUT2D eigenvalue weighted by Gasteiger charge is -2.31. The third-order valence-corrected chi connectivity index (χ3v) is 12.5. The van der Waals surface area contributed by atoms with Crippen LogP contribution in [0.25, 0.3) is 22.3 Å². The molecule has 0 spiro atoms. The lowest BCUT2D eigenvalue weighted by Crippen LogP contribution is -2.59. The van der Waals surface area contributed by atoms with Gasteiger partial charge >= 0.3 is 6.09 Å². The van der Waals surface area contributed by atoms with Crippen molar-refractivity contribution in [2.45, 2.75) is 101 Å². The van der Waals surface area contributed by atoms with E-state index in [1.54, 1.807) is 13.8 Å². The number of fused-ring (bicyclic) bond motifs is 4. The number of rotatable bonds is 8. The van der Waals surface area contributed by atoms with Gasteiger partial charge in [-0.2, -0.15) is 0 Å². The second-order valence-corrected chi connectivity index (χ2v) is 17.1. The highest BCUT2D eigenvalue weighted by Crippen LogP contribution is 2.48. The summed E-state index contributed by atoms with van der Waals surface area (Å²) in [6.45, 7) is 3.35. The van der Waals surface area contributed by atoms with Crippen molar-refractivity contribution in [3.8, 4) is 17.1 Å². The van der Waals surface area contributed by atoms with Gasteiger partial charge in [0.15, 0.2) is 0 Å². The van der Waals surface area contributed by atoms with Crippen LogP contribution in [0.4, 0.5) is 13.6 Å². The summed E-state index contributed by atoms with van der Waals surface area (Å²) in [5.74, 6) is -4.84. The summed E-state index contributed by atoms with van der Waals surface area (Å²) in [6.07, 6.45) is -1.80. The molecule has 2 aliphatic heterocycles. The number of aromatic nitrogens is 2. The van der Waals surface area contributed by atoms with E-state index in [1.165, 1.54) is 4.90 Å². The molecule has 0 unspecified atom stereocenters. The normalized spacial score (nSPS) is 26.2. The molecule has 2 aliphatic carbocycles. The van der Waals surface area contributed by atoms with Crippen LogP contribution in [0.1, 0.15) is 64.4 Å². The largest absolute Gasteiger partial charge is 0.471 e. The number of sulfonamides is 1. The van der Waals surface area contributed by atoms with Gasteiger partial charge in [-0.05, 0) is 68.6 Å². The third-order valence-electron chi connectivity index (χ3n) is 10.7. The van der Waals surface area contributed by atoms with Gasteiger partial charge in [-0.3, -0.25) is 19.1 Å². The van der Waals surface area contributed by atoms with E-state index in [-0.39, 0.29) is 25.5 Å². The van der Waals surface area contributed by atoms with E-state index in [1.807, 2.05) is 53.3 Å². The molecule has 17 heteroatoms. The first-order chi connectivity index (χ1) is 26.3. The fourth-order valence-corrected chi connectivity index (χ4v) is 8.67. The topological polar surface area (TPSA) is 186 Å². The Kier molecular flexibility index (Phi) is 10.7. The van der Waals surface area contributed by atoms with Gasteiger partial charge in [0, 0.05) is 12.0 Å². The number of hydrogen-bond acceptors (Lipinski definition) is 10. The van der Waals surface area contributed by atoms with Crippen LogP contribution in [-0.2, 0) is 35.6 Å². The van der Waals surface area contributed by atoms with E-state index in [2.05, 4.69) is 10.6 Å². The molecule has 294 valence electrons. The molecule has 3 fully saturated rings. The Morgan fingerprint density at radius 2 is 1.78 bits per heavy atom. The Balaban J connectivity index is 1.24. The molecule has 55 heavy (non-hydrogen) atoms. The molecule has 1 saturated heterocycles. The van der Waals surface area contributed by atoms with Gasteiger partial charge in [0.05, 0.1) is 35.4 Å². The number of benzene rings is 2. The van der Waals surface area contributed by atoms with Gasteiger partial charge in [0.2, 0.25) is 34.1 Å². The number of halogens is 2. The molecule has 2 saturated carbocycles. The number of alkyl halides is 2. The fraction of sp³-hybridized carbons (Fsp3) is 0.526. The van der Waals surface area contributed by atoms with Crippen molar-refractivity contribution in [1.82, 2.24) is 30.2 Å². The monoisotopic (exact) mass is 782 g/mol. The van der Waals surface area contributed by atoms with E-state index in [0.29, 0.717) is 41.6 Å². The summed E-state index contributed by atoms with van der Waals surface area (Å²) >= 11 is 0. The molecule has 4 amide bonds. The standard InChI is InChI=1S/C38H44F2N6O8S/c1-21(2)30-35(48)46-20-24(18-29(46)33(47)44-38(19-26(38)32(39)40)36(49)45-55(51,52)25-13-14-25)54-34-31(23-10-6-3-7-11-23)41-27-15-12-22(17-28(27)42-34)9-5-4-8-16-53-37(50)43-30/h3,6-7,10-12,15,17,21,24-26,29-30,32H,4-5,8-9,13-14,16,18-20H2,1-2H3,(H,43,50)(H,44,47)(H,45,49)/t24-,26+,29+,30+,38+/m1/s1. The molecule has 7 rings (SSSR count). The number of carbonyl (C=O) groups is 4. The predicted molar refractivity (Wildman–Crippen MR) is 195 cm³/mol. The van der Waals surface area contributed by atoms with E-state index < -0.39 is 87.5 Å². The summed E-state index contributed by atoms with van der Waals surface area (Å²) in [5.41, 5.74) is 1.14. The second-order valence-electron chi connectivity index (χ2n) is 15.1. The average molecular weight is 783 g/mol. The highest BCUT2D eigenvalue weighted by molar-refractivity contribution is 7.91. The van der Waals surface area contributed by atoms with Gasteiger partial charge in [-0.25, -0.2) is 32.0 Å². The van der Waals surface area contributed by atoms with Crippen LogP contribution >= 0.6 is 0 Å². The maximum atomic E-state index is 14.4. The third kappa shape index (κ3) is 8.21. The number of alkyl carbamates (subject to hydrolysis) is 1. The molecular formula is C38H44F2N6O8S. The molecule has 3 N–H and O–H groups in total. The summed E-state index contributed by atoms with van der Waals surface area (Å²) < 4.78 is 67.4. The van der Waals surface area contributed by atoms with Gasteiger partial charge in [0.25, 0.3) is 5.91 Å². The number of hydrogen-bond donors (Lipinski definition) is 3. The first-order valence-electron chi connectivity index (χ1n) is 18.7. The number of nitrogens with zero attached hydrogens (tertiary/aromatic N) is 3. The minimum atomic E-state index is -4.13. The van der Waals surface area contributed by atoms with Crippen molar-refractivity contribution in [2.24, 2.45) is 11.8 Å². The van der Waals surface area contributed by atoms with Crippen LogP contribution in [0.2, 0.25) is 0 Å². The number of ether oxygens (including phenoxy) is 2. The molecule has 5 bridgehead atoms. The van der Waals surface area contributed by atoms with E-state index in [9.17, 15) is 36.4 Å². The number of carbonyl (C=O) groups excluding carboxylic acids is 4. The zero-order valence-corrected chi connectivity index (χ0v) is 31.3. The van der Waals surface area contributed by atoms with Crippen LogP contribution in [0.5, 0.6) is 5.88 Å². The number of amides is 4. The van der Waals surface area contributed by atoms with Crippen molar-refractivity contribution in [1.29, 1.82) is 0 Å². The predicted octanol–water partition coefficient (Wildman–Crippen LogP) is 3.87. The van der Waals surface area contributed by atoms with Crippen molar-refractivity contribution in [2.75, 3.05) is 13.2 Å². The Hall–Kier alpha value is -4.93. The number of aryl methyl sites for hydroxylation is 1. The van der Waals surface area contributed by atoms with Crippen molar-refractivity contribution < 1.29 is 45.9 Å². The van der Waals surface area contributed by atoms with Crippen LogP contribution in [-0.4, -0.2) is 95.7 Å². The van der Waals surface area contributed by atoms with Gasteiger partial charge in [-0.1, -0.05) is 50.2 Å². The van der Waals surface area contributed by atoms with Crippen LogP contribution in [0.3, 0.4) is 0 Å². The zero-order chi connectivity index (χ0) is 39.1. The zero-order valence-electron chi connectivity index (χ0n) is 30.5. The Morgan fingerprint density at radius 3 is 2.47 bits per heavy atom. The highest BCUT2D eigenvalue weighted by atomic mass is 32.2. The lowest BCUT2D eigenvalue weighted by atomic mass is 10.0. The molecule has 1 aromatic heterocycles. The molecule has 5 atom stereocenters. The highest BCUT2D eigenvalue weighted by Gasteiger charge is 2.66. The molecular weight excluding hydrogens is 739 g/mol. The van der Waals surface area contributed by atoms with Crippen LogP contribution in [0, 0.1) is 11.8 Å². The molecule has 14 nitrogen and oxygen atoms in total. The Morgan fingerprint density at radius 1 is 1.02 bits per heavy atom. The summed E-state index contributed by atoms with van der Waals surface area (Å²) in [6, 6.07) is 12.5. The molecule has 2 aromatic carbocycles. The van der Waals surface area contributed by atoms with Crippen molar-refractivity contribution >= 4 is 44.9 Å². The SMILES string of the molecule is CC(C)[C@@H]1NC(=O)OCCCCCc2ccc3nc(-c4ccccc4)c(nc3c2)O[C@@H]2C[C@@H](C(=O)N[C@@]3(C(=O)NS(=O)(=O)C4CC4)C[C@H]3C(F)F)N(C2)C1=O. The van der Waals surface area contributed by atoms with E-state index in [0.717, 1.165) is 24.8 Å². The summed E-state index contributed by atoms with van der Waals surface area (Å²) in [5, 5.41) is 4.24. The number of nitrogens with one attached hydrogen (secondary N) is 3. The maximum Gasteiger partial charge on any atom is 0.407 e. The van der Waals surface area contributed by atoms with E-state index >= 15 is 0 Å². The minimum Gasteiger partial charge on any atom is -0.471 e.